The second-order valence-corrected chi connectivity index (χ2v) is 5.93. The second kappa shape index (κ2) is 8.64. The molecule has 0 fully saturated rings. The van der Waals surface area contributed by atoms with E-state index in [1.165, 1.54) is 11.8 Å². The van der Waals surface area contributed by atoms with Crippen molar-refractivity contribution in [3.8, 4) is 0 Å². The maximum atomic E-state index is 11.9. The molecule has 5 nitrogen and oxygen atoms in total. The number of amides is 1. The number of aromatic nitrogens is 2. The van der Waals surface area contributed by atoms with Crippen LogP contribution >= 0.6 is 11.8 Å². The SMILES string of the molecule is CSc1nc(C)c(CCC(=O)NOCc2ccccc2)c(C)n1. The van der Waals surface area contributed by atoms with Crippen LogP contribution in [0.4, 0.5) is 0 Å². The molecule has 1 N–H and O–H groups in total. The molecule has 0 radical (unpaired) electrons. The monoisotopic (exact) mass is 331 g/mol. The lowest BCUT2D eigenvalue weighted by Crippen LogP contribution is -2.24. The predicted octanol–water partition coefficient (Wildman–Crippen LogP) is 3.00. The van der Waals surface area contributed by atoms with Gasteiger partial charge in [-0.05, 0) is 37.7 Å². The van der Waals surface area contributed by atoms with Crippen LogP contribution in [0.15, 0.2) is 35.5 Å². The number of rotatable bonds is 7. The van der Waals surface area contributed by atoms with Crippen LogP contribution in [0.2, 0.25) is 0 Å². The summed E-state index contributed by atoms with van der Waals surface area (Å²) < 4.78 is 0. The Morgan fingerprint density at radius 3 is 2.43 bits per heavy atom. The molecular formula is C17H21N3O2S. The van der Waals surface area contributed by atoms with E-state index in [0.29, 0.717) is 19.4 Å². The quantitative estimate of drug-likeness (QED) is 0.480. The highest BCUT2D eigenvalue weighted by Crippen LogP contribution is 2.17. The molecule has 0 unspecified atom stereocenters. The Morgan fingerprint density at radius 2 is 1.83 bits per heavy atom. The smallest absolute Gasteiger partial charge is 0.243 e. The van der Waals surface area contributed by atoms with Gasteiger partial charge in [0.05, 0.1) is 6.61 Å². The van der Waals surface area contributed by atoms with Gasteiger partial charge >= 0.3 is 0 Å². The average Bonchev–Trinajstić information content (AvgIpc) is 2.54. The van der Waals surface area contributed by atoms with E-state index in [1.54, 1.807) is 0 Å². The summed E-state index contributed by atoms with van der Waals surface area (Å²) in [5.41, 5.74) is 6.38. The van der Waals surface area contributed by atoms with Gasteiger partial charge in [-0.2, -0.15) is 0 Å². The van der Waals surface area contributed by atoms with E-state index in [0.717, 1.165) is 27.7 Å². The van der Waals surface area contributed by atoms with E-state index in [9.17, 15) is 4.79 Å². The van der Waals surface area contributed by atoms with Crippen LogP contribution in [0, 0.1) is 13.8 Å². The maximum Gasteiger partial charge on any atom is 0.243 e. The molecule has 0 saturated carbocycles. The number of benzene rings is 1. The Kier molecular flexibility index (Phi) is 6.55. The molecule has 1 heterocycles. The zero-order chi connectivity index (χ0) is 16.7. The van der Waals surface area contributed by atoms with Crippen molar-refractivity contribution in [3.63, 3.8) is 0 Å². The van der Waals surface area contributed by atoms with Crippen LogP contribution in [0.3, 0.4) is 0 Å². The highest BCUT2D eigenvalue weighted by molar-refractivity contribution is 7.98. The number of thioether (sulfide) groups is 1. The van der Waals surface area contributed by atoms with Gasteiger partial charge in [-0.1, -0.05) is 42.1 Å². The molecule has 23 heavy (non-hydrogen) atoms. The third kappa shape index (κ3) is 5.33. The Balaban J connectivity index is 1.80. The molecule has 122 valence electrons. The summed E-state index contributed by atoms with van der Waals surface area (Å²) in [5, 5.41) is 0.763. The average molecular weight is 331 g/mol. The van der Waals surface area contributed by atoms with E-state index < -0.39 is 0 Å². The molecule has 6 heteroatoms. The molecule has 0 spiro atoms. The van der Waals surface area contributed by atoms with Crippen LogP contribution in [0.1, 0.15) is 28.9 Å². The first-order valence-electron chi connectivity index (χ1n) is 7.43. The van der Waals surface area contributed by atoms with Crippen LogP contribution in [-0.2, 0) is 22.7 Å². The van der Waals surface area contributed by atoms with Crippen molar-refractivity contribution in [3.05, 3.63) is 52.8 Å². The van der Waals surface area contributed by atoms with Gasteiger partial charge in [0.2, 0.25) is 5.91 Å². The minimum Gasteiger partial charge on any atom is -0.273 e. The van der Waals surface area contributed by atoms with Gasteiger partial charge in [0.15, 0.2) is 5.16 Å². The van der Waals surface area contributed by atoms with Crippen molar-refractivity contribution in [2.24, 2.45) is 0 Å². The number of hydrogen-bond donors (Lipinski definition) is 1. The predicted molar refractivity (Wildman–Crippen MR) is 91.0 cm³/mol. The Morgan fingerprint density at radius 1 is 1.17 bits per heavy atom. The molecule has 0 aliphatic carbocycles. The van der Waals surface area contributed by atoms with Gasteiger partial charge < -0.3 is 0 Å². The summed E-state index contributed by atoms with van der Waals surface area (Å²) in [6.07, 6.45) is 2.90. The number of carbonyl (C=O) groups is 1. The van der Waals surface area contributed by atoms with Gasteiger partial charge in [-0.15, -0.1) is 0 Å². The highest BCUT2D eigenvalue weighted by Gasteiger charge is 2.10. The summed E-state index contributed by atoms with van der Waals surface area (Å²) in [6.45, 7) is 4.26. The summed E-state index contributed by atoms with van der Waals surface area (Å²) >= 11 is 1.52. The third-order valence-corrected chi connectivity index (χ3v) is 4.00. The number of hydroxylamine groups is 1. The number of nitrogens with zero attached hydrogens (tertiary/aromatic N) is 2. The number of hydrogen-bond acceptors (Lipinski definition) is 5. The van der Waals surface area contributed by atoms with E-state index in [1.807, 2.05) is 50.4 Å². The van der Waals surface area contributed by atoms with Crippen LogP contribution in [0.25, 0.3) is 0 Å². The van der Waals surface area contributed by atoms with E-state index in [2.05, 4.69) is 15.4 Å². The Hall–Kier alpha value is -1.92. The molecule has 0 bridgehead atoms. The highest BCUT2D eigenvalue weighted by atomic mass is 32.2. The normalized spacial score (nSPS) is 10.6. The van der Waals surface area contributed by atoms with E-state index >= 15 is 0 Å². The zero-order valence-corrected chi connectivity index (χ0v) is 14.4. The molecule has 0 saturated heterocycles. The first-order chi connectivity index (χ1) is 11.1. The van der Waals surface area contributed by atoms with Gasteiger partial charge in [0, 0.05) is 17.8 Å². The van der Waals surface area contributed by atoms with Crippen molar-refractivity contribution in [2.75, 3.05) is 6.26 Å². The van der Waals surface area contributed by atoms with Crippen molar-refractivity contribution in [1.82, 2.24) is 15.4 Å². The standard InChI is InChI=1S/C17H21N3O2S/c1-12-15(13(2)19-17(18-12)23-3)9-10-16(21)20-22-11-14-7-5-4-6-8-14/h4-8H,9-11H2,1-3H3,(H,20,21). The molecule has 0 aliphatic heterocycles. The second-order valence-electron chi connectivity index (χ2n) is 5.16. The molecule has 0 aliphatic rings. The van der Waals surface area contributed by atoms with Gasteiger partial charge in [-0.3, -0.25) is 9.63 Å². The summed E-state index contributed by atoms with van der Waals surface area (Å²) in [5.74, 6) is -0.145. The van der Waals surface area contributed by atoms with Gasteiger partial charge in [-0.25, -0.2) is 15.4 Å². The fourth-order valence-electron chi connectivity index (χ4n) is 2.23. The molecule has 1 amide bonds. The molecular weight excluding hydrogens is 310 g/mol. The number of nitrogens with one attached hydrogen (secondary N) is 1. The summed E-state index contributed by atoms with van der Waals surface area (Å²) in [6, 6.07) is 9.71. The van der Waals surface area contributed by atoms with E-state index in [4.69, 9.17) is 4.84 Å². The fourth-order valence-corrected chi connectivity index (χ4v) is 2.68. The third-order valence-electron chi connectivity index (χ3n) is 3.45. The molecule has 1 aromatic carbocycles. The summed E-state index contributed by atoms with van der Waals surface area (Å²) in [7, 11) is 0. The first kappa shape index (κ1) is 17.4. The largest absolute Gasteiger partial charge is 0.273 e. The lowest BCUT2D eigenvalue weighted by Gasteiger charge is -2.10. The topological polar surface area (TPSA) is 64.1 Å². The molecule has 2 aromatic rings. The minimum absolute atomic E-state index is 0.145. The zero-order valence-electron chi connectivity index (χ0n) is 13.6. The van der Waals surface area contributed by atoms with Gasteiger partial charge in [0.25, 0.3) is 0 Å². The lowest BCUT2D eigenvalue weighted by molar-refractivity contribution is -0.134. The molecule has 1 aromatic heterocycles. The first-order valence-corrected chi connectivity index (χ1v) is 8.65. The van der Waals surface area contributed by atoms with Crippen LogP contribution in [-0.4, -0.2) is 22.1 Å². The summed E-state index contributed by atoms with van der Waals surface area (Å²) in [4.78, 5) is 25.9. The number of aryl methyl sites for hydroxylation is 2. The Bertz CT molecular complexity index is 639. The van der Waals surface area contributed by atoms with Crippen molar-refractivity contribution < 1.29 is 9.63 Å². The van der Waals surface area contributed by atoms with Crippen molar-refractivity contribution in [2.45, 2.75) is 38.5 Å². The van der Waals surface area contributed by atoms with Gasteiger partial charge in [0.1, 0.15) is 0 Å². The number of carbonyl (C=O) groups excluding carboxylic acids is 1. The fraction of sp³-hybridized carbons (Fsp3) is 0.353. The van der Waals surface area contributed by atoms with Crippen molar-refractivity contribution in [1.29, 1.82) is 0 Å². The Labute approximate surface area is 140 Å². The molecule has 2 rings (SSSR count). The lowest BCUT2D eigenvalue weighted by atomic mass is 10.1. The van der Waals surface area contributed by atoms with Crippen LogP contribution in [0.5, 0.6) is 0 Å². The molecule has 0 atom stereocenters. The maximum absolute atomic E-state index is 11.9. The van der Waals surface area contributed by atoms with Crippen molar-refractivity contribution >= 4 is 17.7 Å². The van der Waals surface area contributed by atoms with Crippen LogP contribution < -0.4 is 5.48 Å². The minimum atomic E-state index is -0.145. The van der Waals surface area contributed by atoms with E-state index in [-0.39, 0.29) is 5.91 Å².